The van der Waals surface area contributed by atoms with E-state index in [-0.39, 0.29) is 0 Å². The Kier molecular flexibility index (Phi) is 4.31. The largest absolute Gasteiger partial charge is 0.411 e. The number of alkyl halides is 3. The Morgan fingerprint density at radius 3 is 2.75 bits per heavy atom. The van der Waals surface area contributed by atoms with Gasteiger partial charge in [-0.2, -0.15) is 18.3 Å². The molecule has 0 saturated heterocycles. The van der Waals surface area contributed by atoms with Crippen LogP contribution < -0.4 is 0 Å². The summed E-state index contributed by atoms with van der Waals surface area (Å²) < 4.78 is 41.1. The molecule has 1 atom stereocenters. The monoisotopic (exact) mass is 238 g/mol. The molecule has 1 heterocycles. The summed E-state index contributed by atoms with van der Waals surface area (Å²) >= 11 is 0. The molecule has 0 aliphatic carbocycles. The van der Waals surface area contributed by atoms with Crippen LogP contribution >= 0.6 is 0 Å². The van der Waals surface area contributed by atoms with Gasteiger partial charge in [-0.05, 0) is 6.92 Å². The standard InChI is InChI=1S/C9H13F3N2O2/c1-2-14-4-7(3-13-14)8(15)5-16-6-9(10,11)12/h3-4,8,15H,2,5-6H2,1H3. The van der Waals surface area contributed by atoms with Crippen molar-refractivity contribution in [3.63, 3.8) is 0 Å². The number of nitrogens with zero attached hydrogens (tertiary/aromatic N) is 2. The van der Waals surface area contributed by atoms with E-state index in [4.69, 9.17) is 0 Å². The van der Waals surface area contributed by atoms with Gasteiger partial charge in [0.2, 0.25) is 0 Å². The molecule has 0 aliphatic rings. The van der Waals surface area contributed by atoms with Crippen molar-refractivity contribution >= 4 is 0 Å². The summed E-state index contributed by atoms with van der Waals surface area (Å²) in [6.45, 7) is 0.750. The second kappa shape index (κ2) is 5.31. The summed E-state index contributed by atoms with van der Waals surface area (Å²) in [7, 11) is 0. The molecule has 0 saturated carbocycles. The number of aromatic nitrogens is 2. The minimum Gasteiger partial charge on any atom is -0.386 e. The first-order valence-corrected chi connectivity index (χ1v) is 4.77. The van der Waals surface area contributed by atoms with Crippen molar-refractivity contribution in [2.24, 2.45) is 0 Å². The van der Waals surface area contributed by atoms with Gasteiger partial charge >= 0.3 is 6.18 Å². The molecule has 0 aliphatic heterocycles. The number of aryl methyl sites for hydroxylation is 1. The van der Waals surface area contributed by atoms with Crippen molar-refractivity contribution in [3.05, 3.63) is 18.0 Å². The Hall–Kier alpha value is -1.08. The lowest BCUT2D eigenvalue weighted by molar-refractivity contribution is -0.179. The smallest absolute Gasteiger partial charge is 0.386 e. The normalized spacial score (nSPS) is 14.1. The highest BCUT2D eigenvalue weighted by Gasteiger charge is 2.28. The lowest BCUT2D eigenvalue weighted by atomic mass is 10.2. The van der Waals surface area contributed by atoms with Crippen molar-refractivity contribution in [1.29, 1.82) is 0 Å². The molecule has 0 amide bonds. The maximum absolute atomic E-state index is 11.7. The van der Waals surface area contributed by atoms with Crippen molar-refractivity contribution in [2.45, 2.75) is 25.7 Å². The third-order valence-corrected chi connectivity index (χ3v) is 1.90. The van der Waals surface area contributed by atoms with Gasteiger partial charge in [-0.25, -0.2) is 0 Å². The summed E-state index contributed by atoms with van der Waals surface area (Å²) in [5.41, 5.74) is 0.448. The van der Waals surface area contributed by atoms with Crippen molar-refractivity contribution < 1.29 is 23.0 Å². The second-order valence-corrected chi connectivity index (χ2v) is 3.28. The number of rotatable bonds is 5. The van der Waals surface area contributed by atoms with Crippen LogP contribution in [0.1, 0.15) is 18.6 Å². The van der Waals surface area contributed by atoms with E-state index in [0.717, 1.165) is 0 Å². The molecule has 0 bridgehead atoms. The second-order valence-electron chi connectivity index (χ2n) is 3.28. The molecule has 1 N–H and O–H groups in total. The molecule has 0 spiro atoms. The van der Waals surface area contributed by atoms with Crippen LogP contribution in [0.3, 0.4) is 0 Å². The first kappa shape index (κ1) is 13.0. The highest BCUT2D eigenvalue weighted by Crippen LogP contribution is 2.17. The SMILES string of the molecule is CCn1cc(C(O)COCC(F)(F)F)cn1. The predicted octanol–water partition coefficient (Wildman–Crippen LogP) is 1.52. The quantitative estimate of drug-likeness (QED) is 0.845. The molecule has 0 radical (unpaired) electrons. The average Bonchev–Trinajstić information content (AvgIpc) is 2.63. The van der Waals surface area contributed by atoms with E-state index in [1.165, 1.54) is 6.20 Å². The van der Waals surface area contributed by atoms with Gasteiger partial charge < -0.3 is 9.84 Å². The van der Waals surface area contributed by atoms with Crippen LogP contribution in [0.5, 0.6) is 0 Å². The van der Waals surface area contributed by atoms with E-state index >= 15 is 0 Å². The maximum Gasteiger partial charge on any atom is 0.411 e. The van der Waals surface area contributed by atoms with Crippen LogP contribution in [0.15, 0.2) is 12.4 Å². The van der Waals surface area contributed by atoms with Gasteiger partial charge in [-0.3, -0.25) is 4.68 Å². The summed E-state index contributed by atoms with van der Waals surface area (Å²) in [5.74, 6) is 0. The Morgan fingerprint density at radius 2 is 2.25 bits per heavy atom. The highest BCUT2D eigenvalue weighted by atomic mass is 19.4. The molecule has 4 nitrogen and oxygen atoms in total. The number of aliphatic hydroxyl groups excluding tert-OH is 1. The average molecular weight is 238 g/mol. The fourth-order valence-corrected chi connectivity index (χ4v) is 1.11. The molecule has 92 valence electrons. The Balaban J connectivity index is 2.37. The molecule has 1 rings (SSSR count). The molecule has 1 aromatic rings. The first-order chi connectivity index (χ1) is 7.42. The van der Waals surface area contributed by atoms with Crippen LogP contribution in [0.2, 0.25) is 0 Å². The summed E-state index contributed by atoms with van der Waals surface area (Å²) in [5, 5.41) is 13.4. The van der Waals surface area contributed by atoms with Gasteiger partial charge in [0.25, 0.3) is 0 Å². The zero-order valence-electron chi connectivity index (χ0n) is 8.74. The number of halogens is 3. The van der Waals surface area contributed by atoms with Crippen LogP contribution in [0, 0.1) is 0 Å². The molecular formula is C9H13F3N2O2. The van der Waals surface area contributed by atoms with E-state index < -0.39 is 25.5 Å². The molecular weight excluding hydrogens is 225 g/mol. The zero-order chi connectivity index (χ0) is 12.2. The Labute approximate surface area is 90.6 Å². The van der Waals surface area contributed by atoms with Gasteiger partial charge in [0.05, 0.1) is 12.8 Å². The third kappa shape index (κ3) is 4.19. The number of ether oxygens (including phenoxy) is 1. The fourth-order valence-electron chi connectivity index (χ4n) is 1.11. The van der Waals surface area contributed by atoms with Crippen LogP contribution in [-0.4, -0.2) is 34.3 Å². The van der Waals surface area contributed by atoms with Gasteiger partial charge in [0.15, 0.2) is 0 Å². The van der Waals surface area contributed by atoms with Crippen molar-refractivity contribution in [2.75, 3.05) is 13.2 Å². The highest BCUT2D eigenvalue weighted by molar-refractivity contribution is 5.07. The lowest BCUT2D eigenvalue weighted by Crippen LogP contribution is -2.19. The van der Waals surface area contributed by atoms with Crippen molar-refractivity contribution in [3.8, 4) is 0 Å². The fraction of sp³-hybridized carbons (Fsp3) is 0.667. The van der Waals surface area contributed by atoms with E-state index in [1.807, 2.05) is 6.92 Å². The Bertz CT molecular complexity index is 325. The summed E-state index contributed by atoms with van der Waals surface area (Å²) in [6, 6.07) is 0. The third-order valence-electron chi connectivity index (χ3n) is 1.90. The minimum absolute atomic E-state index is 0.394. The van der Waals surface area contributed by atoms with Gasteiger partial charge in [-0.1, -0.05) is 0 Å². The number of hydrogen-bond donors (Lipinski definition) is 1. The van der Waals surface area contributed by atoms with E-state index in [9.17, 15) is 18.3 Å². The summed E-state index contributed by atoms with van der Waals surface area (Å²) in [6.07, 6.45) is -2.47. The lowest BCUT2D eigenvalue weighted by Gasteiger charge is -2.10. The molecule has 0 fully saturated rings. The van der Waals surface area contributed by atoms with E-state index in [2.05, 4.69) is 9.84 Å². The maximum atomic E-state index is 11.7. The predicted molar refractivity (Wildman–Crippen MR) is 49.7 cm³/mol. The first-order valence-electron chi connectivity index (χ1n) is 4.77. The topological polar surface area (TPSA) is 47.3 Å². The van der Waals surface area contributed by atoms with Gasteiger partial charge in [0, 0.05) is 18.3 Å². The van der Waals surface area contributed by atoms with Crippen LogP contribution in [-0.2, 0) is 11.3 Å². The van der Waals surface area contributed by atoms with Crippen molar-refractivity contribution in [1.82, 2.24) is 9.78 Å². The summed E-state index contributed by atoms with van der Waals surface area (Å²) in [4.78, 5) is 0. The van der Waals surface area contributed by atoms with Crippen LogP contribution in [0.4, 0.5) is 13.2 Å². The zero-order valence-corrected chi connectivity index (χ0v) is 8.74. The molecule has 7 heteroatoms. The van der Waals surface area contributed by atoms with Gasteiger partial charge in [0.1, 0.15) is 12.7 Å². The van der Waals surface area contributed by atoms with Crippen LogP contribution in [0.25, 0.3) is 0 Å². The molecule has 0 aromatic carbocycles. The van der Waals surface area contributed by atoms with E-state index in [0.29, 0.717) is 12.1 Å². The van der Waals surface area contributed by atoms with Gasteiger partial charge in [-0.15, -0.1) is 0 Å². The Morgan fingerprint density at radius 1 is 1.56 bits per heavy atom. The van der Waals surface area contributed by atoms with E-state index in [1.54, 1.807) is 10.9 Å². The molecule has 1 aromatic heterocycles. The number of aliphatic hydroxyl groups is 1. The molecule has 1 unspecified atom stereocenters. The number of hydrogen-bond acceptors (Lipinski definition) is 3. The minimum atomic E-state index is -4.37. The molecule has 16 heavy (non-hydrogen) atoms.